The molecule has 5 rings (SSSR count). The van der Waals surface area contributed by atoms with Gasteiger partial charge in [-0.1, -0.05) is 48.6 Å². The molecule has 1 atom stereocenters. The number of allylic oxidation sites excluding steroid dienone is 3. The quantitative estimate of drug-likeness (QED) is 0.315. The monoisotopic (exact) mass is 460 g/mol. The highest BCUT2D eigenvalue weighted by molar-refractivity contribution is 6.26. The van der Waals surface area contributed by atoms with Gasteiger partial charge in [0.05, 0.1) is 27.6 Å². The van der Waals surface area contributed by atoms with Crippen LogP contribution in [0.4, 0.5) is 5.69 Å². The van der Waals surface area contributed by atoms with E-state index in [1.165, 1.54) is 12.1 Å². The molecule has 1 unspecified atom stereocenters. The second-order valence-corrected chi connectivity index (χ2v) is 7.72. The maximum absolute atomic E-state index is 12.5. The molecule has 0 N–H and O–H groups in total. The molecule has 1 amide bonds. The second-order valence-electron chi connectivity index (χ2n) is 7.72. The van der Waals surface area contributed by atoms with Gasteiger partial charge < -0.3 is 0 Å². The van der Waals surface area contributed by atoms with Gasteiger partial charge >= 0.3 is 0 Å². The molecule has 0 spiro atoms. The highest BCUT2D eigenvalue weighted by Crippen LogP contribution is 2.27. The number of amidine groups is 1. The van der Waals surface area contributed by atoms with Crippen LogP contribution in [-0.2, 0) is 4.79 Å². The topological polar surface area (TPSA) is 127 Å². The van der Waals surface area contributed by atoms with Crippen LogP contribution >= 0.6 is 0 Å². The van der Waals surface area contributed by atoms with Crippen LogP contribution in [0, 0.1) is 27.4 Å². The molecule has 2 heterocycles. The summed E-state index contributed by atoms with van der Waals surface area (Å²) < 4.78 is 1.58. The molecular weight excluding hydrogens is 444 g/mol. The van der Waals surface area contributed by atoms with E-state index in [2.05, 4.69) is 21.2 Å². The van der Waals surface area contributed by atoms with Crippen molar-refractivity contribution in [2.24, 2.45) is 15.9 Å². The number of hydrogen-bond acceptors (Lipinski definition) is 6. The predicted molar refractivity (Wildman–Crippen MR) is 131 cm³/mol. The van der Waals surface area contributed by atoms with E-state index in [0.717, 1.165) is 5.56 Å². The molecule has 35 heavy (non-hydrogen) atoms. The summed E-state index contributed by atoms with van der Waals surface area (Å²) in [6.45, 7) is 0. The van der Waals surface area contributed by atoms with E-state index in [1.807, 2.05) is 30.3 Å². The Balaban J connectivity index is 1.60. The molecule has 9 heteroatoms. The van der Waals surface area contributed by atoms with Gasteiger partial charge in [-0.3, -0.25) is 14.9 Å². The van der Waals surface area contributed by atoms with Crippen molar-refractivity contribution < 1.29 is 9.72 Å². The van der Waals surface area contributed by atoms with Gasteiger partial charge in [0.1, 0.15) is 12.0 Å². The zero-order valence-corrected chi connectivity index (χ0v) is 18.1. The zero-order valence-electron chi connectivity index (χ0n) is 18.1. The van der Waals surface area contributed by atoms with Crippen molar-refractivity contribution in [2.45, 2.75) is 0 Å². The smallest absolute Gasteiger partial charge is 0.269 e. The van der Waals surface area contributed by atoms with Crippen molar-refractivity contribution in [3.8, 4) is 23.0 Å². The maximum atomic E-state index is 12.5. The van der Waals surface area contributed by atoms with E-state index in [0.29, 0.717) is 22.7 Å². The number of nitrogens with zero attached hydrogens (tertiary/aromatic N) is 6. The highest BCUT2D eigenvalue weighted by atomic mass is 16.6. The molecular formula is C26H16N6O3. The molecule has 168 valence electrons. The third kappa shape index (κ3) is 4.24. The van der Waals surface area contributed by atoms with Gasteiger partial charge in [-0.05, 0) is 24.3 Å². The Morgan fingerprint density at radius 2 is 1.86 bits per heavy atom. The van der Waals surface area contributed by atoms with Gasteiger partial charge in [-0.25, -0.2) is 9.67 Å². The summed E-state index contributed by atoms with van der Waals surface area (Å²) in [6, 6.07) is 17.5. The van der Waals surface area contributed by atoms with Crippen molar-refractivity contribution in [2.75, 3.05) is 0 Å². The number of aromatic nitrogens is 2. The molecule has 0 bridgehead atoms. The molecule has 3 aromatic rings. The number of nitro benzene ring substituents is 1. The van der Waals surface area contributed by atoms with E-state index in [1.54, 1.807) is 53.4 Å². The average Bonchev–Trinajstić information content (AvgIpc) is 3.31. The molecule has 1 aliphatic heterocycles. The highest BCUT2D eigenvalue weighted by Gasteiger charge is 2.27. The number of non-ortho nitro benzene ring substituents is 1. The van der Waals surface area contributed by atoms with Crippen LogP contribution in [0.2, 0.25) is 0 Å². The third-order valence-electron chi connectivity index (χ3n) is 5.49. The summed E-state index contributed by atoms with van der Waals surface area (Å²) in [4.78, 5) is 31.5. The van der Waals surface area contributed by atoms with E-state index >= 15 is 0 Å². The number of fused-ring (bicyclic) bond motifs is 1. The van der Waals surface area contributed by atoms with Crippen molar-refractivity contribution in [3.63, 3.8) is 0 Å². The van der Waals surface area contributed by atoms with Crippen molar-refractivity contribution >= 4 is 29.2 Å². The fourth-order valence-corrected chi connectivity index (χ4v) is 3.76. The second kappa shape index (κ2) is 8.96. The minimum Gasteiger partial charge on any atom is -0.271 e. The lowest BCUT2D eigenvalue weighted by Gasteiger charge is -2.17. The number of rotatable bonds is 5. The SMILES string of the molecule is N#C/C(=C/c1cn(-c2ccc([N+](=O)[O-])cc2)nc1-c1ccccc1)C1=NC(=O)C2C=CC=CC2=N1. The van der Waals surface area contributed by atoms with Gasteiger partial charge in [0.15, 0.2) is 5.84 Å². The number of benzene rings is 2. The first-order valence-corrected chi connectivity index (χ1v) is 10.6. The van der Waals surface area contributed by atoms with Gasteiger partial charge in [0.2, 0.25) is 0 Å². The molecule has 0 fully saturated rings. The third-order valence-corrected chi connectivity index (χ3v) is 5.49. The molecule has 1 aromatic heterocycles. The van der Waals surface area contributed by atoms with Gasteiger partial charge in [0, 0.05) is 29.5 Å². The van der Waals surface area contributed by atoms with Crippen LogP contribution in [0.25, 0.3) is 23.0 Å². The van der Waals surface area contributed by atoms with Gasteiger partial charge in [0.25, 0.3) is 11.6 Å². The van der Waals surface area contributed by atoms with E-state index in [-0.39, 0.29) is 23.0 Å². The molecule has 2 aromatic carbocycles. The minimum absolute atomic E-state index is 0.0277. The number of aliphatic imine (C=N–C) groups is 2. The van der Waals surface area contributed by atoms with Gasteiger partial charge in [-0.2, -0.15) is 15.4 Å². The summed E-state index contributed by atoms with van der Waals surface area (Å²) >= 11 is 0. The number of nitriles is 1. The number of amides is 1. The lowest BCUT2D eigenvalue weighted by molar-refractivity contribution is -0.384. The minimum atomic E-state index is -0.534. The summed E-state index contributed by atoms with van der Waals surface area (Å²) in [5, 5.41) is 25.6. The number of nitro groups is 1. The van der Waals surface area contributed by atoms with Crippen LogP contribution in [0.3, 0.4) is 0 Å². The van der Waals surface area contributed by atoms with E-state index < -0.39 is 10.8 Å². The maximum Gasteiger partial charge on any atom is 0.269 e. The fraction of sp³-hybridized carbons (Fsp3) is 0.0385. The fourth-order valence-electron chi connectivity index (χ4n) is 3.76. The zero-order chi connectivity index (χ0) is 24.4. The lowest BCUT2D eigenvalue weighted by atomic mass is 9.96. The molecule has 2 aliphatic rings. The average molecular weight is 460 g/mol. The number of hydrogen-bond donors (Lipinski definition) is 0. The van der Waals surface area contributed by atoms with Gasteiger partial charge in [-0.15, -0.1) is 0 Å². The summed E-state index contributed by atoms with van der Waals surface area (Å²) in [7, 11) is 0. The molecule has 1 aliphatic carbocycles. The van der Waals surface area contributed by atoms with Crippen molar-refractivity contribution in [1.29, 1.82) is 5.26 Å². The summed E-state index contributed by atoms with van der Waals surface area (Å²) in [5.41, 5.74) is 3.23. The van der Waals surface area contributed by atoms with Crippen molar-refractivity contribution in [3.05, 3.63) is 106 Å². The standard InChI is InChI=1S/C26H16N6O3/c27-15-18(25-28-23-9-5-4-8-22(23)26(33)29-25)14-19-16-31(20-10-12-21(13-11-20)32(34)35)30-24(19)17-6-2-1-3-7-17/h1-14,16,22H/b18-14-. The first-order chi connectivity index (χ1) is 17.0. The normalized spacial score (nSPS) is 16.8. The van der Waals surface area contributed by atoms with E-state index in [4.69, 9.17) is 0 Å². The first kappa shape index (κ1) is 21.6. The van der Waals surface area contributed by atoms with Crippen LogP contribution in [0.1, 0.15) is 5.56 Å². The summed E-state index contributed by atoms with van der Waals surface area (Å²) in [6.07, 6.45) is 10.3. The lowest BCUT2D eigenvalue weighted by Crippen LogP contribution is -2.27. The Morgan fingerprint density at radius 3 is 2.57 bits per heavy atom. The molecule has 0 radical (unpaired) electrons. The summed E-state index contributed by atoms with van der Waals surface area (Å²) in [5.74, 6) is -0.865. The van der Waals surface area contributed by atoms with Crippen LogP contribution in [0.15, 0.2) is 101 Å². The Labute approximate surface area is 199 Å². The number of carbonyl (C=O) groups is 1. The van der Waals surface area contributed by atoms with Crippen LogP contribution in [0.5, 0.6) is 0 Å². The Bertz CT molecular complexity index is 1530. The Morgan fingerprint density at radius 1 is 1.09 bits per heavy atom. The first-order valence-electron chi connectivity index (χ1n) is 10.6. The van der Waals surface area contributed by atoms with Crippen molar-refractivity contribution in [1.82, 2.24) is 9.78 Å². The predicted octanol–water partition coefficient (Wildman–Crippen LogP) is 4.48. The van der Waals surface area contributed by atoms with Crippen LogP contribution in [-0.4, -0.2) is 32.2 Å². The molecule has 0 saturated carbocycles. The Hall–Kier alpha value is -5.23. The largest absolute Gasteiger partial charge is 0.271 e. The Kier molecular flexibility index (Phi) is 5.53. The number of carbonyl (C=O) groups excluding carboxylic acids is 1. The van der Waals surface area contributed by atoms with E-state index in [9.17, 15) is 20.2 Å². The molecule has 9 nitrogen and oxygen atoms in total. The molecule has 0 saturated heterocycles. The van der Waals surface area contributed by atoms with Crippen LogP contribution < -0.4 is 0 Å².